The van der Waals surface area contributed by atoms with E-state index in [9.17, 15) is 9.59 Å². The molecule has 192 valence electrons. The lowest BCUT2D eigenvalue weighted by Crippen LogP contribution is -2.36. The fourth-order valence-electron chi connectivity index (χ4n) is 4.81. The highest BCUT2D eigenvalue weighted by Crippen LogP contribution is 2.40. The van der Waals surface area contributed by atoms with Crippen molar-refractivity contribution in [2.75, 3.05) is 6.61 Å². The Kier molecular flexibility index (Phi) is 7.40. The minimum Gasteiger partial charge on any atom is -0.489 e. The minimum absolute atomic E-state index is 0.123. The summed E-state index contributed by atoms with van der Waals surface area (Å²) in [5.74, 6) is -0.918. The highest BCUT2D eigenvalue weighted by molar-refractivity contribution is 5.99. The van der Waals surface area contributed by atoms with Gasteiger partial charge in [-0.2, -0.15) is 0 Å². The molecule has 1 N–H and O–H groups in total. The van der Waals surface area contributed by atoms with Gasteiger partial charge in [-0.3, -0.25) is 0 Å². The molecule has 2 aliphatic rings. The van der Waals surface area contributed by atoms with E-state index in [-0.39, 0.29) is 19.8 Å². The lowest BCUT2D eigenvalue weighted by Gasteiger charge is -2.33. The summed E-state index contributed by atoms with van der Waals surface area (Å²) in [5, 5.41) is 3.22. The average molecular weight is 508 g/mol. The Balaban J connectivity index is 1.49. The van der Waals surface area contributed by atoms with Gasteiger partial charge in [0.1, 0.15) is 25.6 Å². The number of hydrogen-bond acceptors (Lipinski definition) is 6. The molecule has 6 nitrogen and oxygen atoms in total. The van der Waals surface area contributed by atoms with Crippen molar-refractivity contribution < 1.29 is 23.8 Å². The predicted molar refractivity (Wildman–Crippen MR) is 144 cm³/mol. The van der Waals surface area contributed by atoms with Crippen molar-refractivity contribution >= 4 is 18.0 Å². The molecule has 2 heterocycles. The van der Waals surface area contributed by atoms with Crippen LogP contribution in [0, 0.1) is 5.92 Å². The minimum atomic E-state index is -0.684. The first-order chi connectivity index (χ1) is 18.5. The highest BCUT2D eigenvalue weighted by atomic mass is 16.5. The first-order valence-corrected chi connectivity index (χ1v) is 12.5. The molecular formula is C32H29NO5. The van der Waals surface area contributed by atoms with E-state index in [2.05, 4.69) is 5.32 Å². The number of rotatable bonds is 7. The molecule has 2 aliphatic heterocycles. The van der Waals surface area contributed by atoms with Gasteiger partial charge in [0, 0.05) is 17.0 Å². The SMILES string of the molecule is CC1=C(C(=O)OCc2ccccc2)C(C2=Cc3ccccc3OC2)C(C(=O)OCc2ccccc2)=C(C)N1. The molecule has 3 aromatic rings. The Morgan fingerprint density at radius 1 is 0.763 bits per heavy atom. The zero-order chi connectivity index (χ0) is 26.5. The van der Waals surface area contributed by atoms with Crippen molar-refractivity contribution in [3.63, 3.8) is 0 Å². The molecule has 0 amide bonds. The van der Waals surface area contributed by atoms with Crippen LogP contribution >= 0.6 is 0 Å². The Morgan fingerprint density at radius 3 is 1.82 bits per heavy atom. The van der Waals surface area contributed by atoms with Gasteiger partial charge in [-0.15, -0.1) is 0 Å². The second kappa shape index (κ2) is 11.2. The maximum Gasteiger partial charge on any atom is 0.337 e. The molecule has 0 fully saturated rings. The molecule has 0 aliphatic carbocycles. The van der Waals surface area contributed by atoms with Crippen LogP contribution < -0.4 is 10.1 Å². The van der Waals surface area contributed by atoms with Gasteiger partial charge in [-0.1, -0.05) is 78.9 Å². The van der Waals surface area contributed by atoms with Crippen LogP contribution in [0.4, 0.5) is 0 Å². The second-order valence-electron chi connectivity index (χ2n) is 9.30. The second-order valence-corrected chi connectivity index (χ2v) is 9.30. The average Bonchev–Trinajstić information content (AvgIpc) is 2.95. The van der Waals surface area contributed by atoms with Crippen LogP contribution in [0.15, 0.2) is 113 Å². The third-order valence-corrected chi connectivity index (χ3v) is 6.65. The van der Waals surface area contributed by atoms with Crippen LogP contribution in [-0.4, -0.2) is 18.5 Å². The number of benzene rings is 3. The Hall–Kier alpha value is -4.58. The van der Waals surface area contributed by atoms with Crippen LogP contribution in [0.3, 0.4) is 0 Å². The molecule has 0 radical (unpaired) electrons. The van der Waals surface area contributed by atoms with E-state index in [0.29, 0.717) is 22.5 Å². The number of allylic oxidation sites excluding steroid dienone is 2. The summed E-state index contributed by atoms with van der Waals surface area (Å²) in [7, 11) is 0. The van der Waals surface area contributed by atoms with E-state index >= 15 is 0 Å². The third-order valence-electron chi connectivity index (χ3n) is 6.65. The zero-order valence-corrected chi connectivity index (χ0v) is 21.4. The van der Waals surface area contributed by atoms with Crippen LogP contribution in [0.5, 0.6) is 5.75 Å². The molecule has 38 heavy (non-hydrogen) atoms. The number of para-hydroxylation sites is 1. The summed E-state index contributed by atoms with van der Waals surface area (Å²) in [6.45, 7) is 4.11. The molecule has 0 unspecified atom stereocenters. The van der Waals surface area contributed by atoms with Crippen molar-refractivity contribution in [2.24, 2.45) is 5.92 Å². The van der Waals surface area contributed by atoms with E-state index in [1.807, 2.05) is 105 Å². The topological polar surface area (TPSA) is 73.9 Å². The van der Waals surface area contributed by atoms with Crippen molar-refractivity contribution in [1.82, 2.24) is 5.32 Å². The molecule has 0 spiro atoms. The fourth-order valence-corrected chi connectivity index (χ4v) is 4.81. The van der Waals surface area contributed by atoms with Crippen molar-refractivity contribution in [3.05, 3.63) is 130 Å². The molecular weight excluding hydrogens is 478 g/mol. The van der Waals surface area contributed by atoms with Gasteiger partial charge >= 0.3 is 11.9 Å². The maximum absolute atomic E-state index is 13.6. The van der Waals surface area contributed by atoms with Crippen molar-refractivity contribution in [3.8, 4) is 5.75 Å². The third kappa shape index (κ3) is 5.39. The van der Waals surface area contributed by atoms with E-state index in [1.165, 1.54) is 0 Å². The number of hydrogen-bond donors (Lipinski definition) is 1. The van der Waals surface area contributed by atoms with Crippen LogP contribution in [0.2, 0.25) is 0 Å². The summed E-state index contributed by atoms with van der Waals surface area (Å²) in [6, 6.07) is 26.7. The molecule has 0 saturated carbocycles. The summed E-state index contributed by atoms with van der Waals surface area (Å²) in [6.07, 6.45) is 1.99. The fraction of sp³-hybridized carbons (Fsp3) is 0.188. The summed E-state index contributed by atoms with van der Waals surface area (Å²) in [5.41, 5.74) is 5.42. The van der Waals surface area contributed by atoms with Gasteiger partial charge < -0.3 is 19.5 Å². The smallest absolute Gasteiger partial charge is 0.337 e. The zero-order valence-electron chi connectivity index (χ0n) is 21.4. The van der Waals surface area contributed by atoms with Gasteiger partial charge in [0.25, 0.3) is 0 Å². The Bertz CT molecular complexity index is 1360. The van der Waals surface area contributed by atoms with E-state index in [0.717, 1.165) is 28.0 Å². The van der Waals surface area contributed by atoms with Gasteiger partial charge in [0.05, 0.1) is 17.1 Å². The standard InChI is InChI=1S/C32H29NO5/c1-21-28(31(34)37-18-23-11-5-3-6-12-23)30(26-17-25-15-9-10-16-27(25)36-20-26)29(22(2)33-21)32(35)38-19-24-13-7-4-8-14-24/h3-17,30,33H,18-20H2,1-2H3. The highest BCUT2D eigenvalue weighted by Gasteiger charge is 2.40. The van der Waals surface area contributed by atoms with Gasteiger partial charge in [-0.05, 0) is 42.7 Å². The molecule has 0 aromatic heterocycles. The normalized spacial score (nSPS) is 15.2. The van der Waals surface area contributed by atoms with Crippen molar-refractivity contribution in [2.45, 2.75) is 27.1 Å². The maximum atomic E-state index is 13.6. The number of dihydropyridines is 1. The van der Waals surface area contributed by atoms with Crippen LogP contribution in [-0.2, 0) is 32.3 Å². The molecule has 0 saturated heterocycles. The summed E-state index contributed by atoms with van der Waals surface area (Å²) in [4.78, 5) is 27.1. The van der Waals surface area contributed by atoms with Gasteiger partial charge in [-0.25, -0.2) is 9.59 Å². The molecule has 6 heteroatoms. The Labute approximate surface area is 222 Å². The first-order valence-electron chi connectivity index (χ1n) is 12.5. The largest absolute Gasteiger partial charge is 0.489 e. The molecule has 0 atom stereocenters. The van der Waals surface area contributed by atoms with Gasteiger partial charge in [0.2, 0.25) is 0 Å². The number of carbonyl (C=O) groups excluding carboxylic acids is 2. The van der Waals surface area contributed by atoms with Crippen LogP contribution in [0.25, 0.3) is 6.08 Å². The lowest BCUT2D eigenvalue weighted by molar-refractivity contribution is -0.141. The Morgan fingerprint density at radius 2 is 1.26 bits per heavy atom. The number of nitrogens with one attached hydrogen (secondary N) is 1. The monoisotopic (exact) mass is 507 g/mol. The first kappa shape index (κ1) is 25.1. The molecule has 5 rings (SSSR count). The summed E-state index contributed by atoms with van der Waals surface area (Å²) < 4.78 is 17.5. The number of ether oxygens (including phenoxy) is 3. The van der Waals surface area contributed by atoms with Crippen LogP contribution in [0.1, 0.15) is 30.5 Å². The predicted octanol–water partition coefficient (Wildman–Crippen LogP) is 5.72. The number of esters is 2. The van der Waals surface area contributed by atoms with E-state index in [1.54, 1.807) is 0 Å². The quantitative estimate of drug-likeness (QED) is 0.413. The van der Waals surface area contributed by atoms with E-state index in [4.69, 9.17) is 14.2 Å². The number of fused-ring (bicyclic) bond motifs is 1. The van der Waals surface area contributed by atoms with Gasteiger partial charge in [0.15, 0.2) is 0 Å². The van der Waals surface area contributed by atoms with Crippen molar-refractivity contribution in [1.29, 1.82) is 0 Å². The molecule has 3 aromatic carbocycles. The lowest BCUT2D eigenvalue weighted by atomic mass is 9.79. The molecule has 0 bridgehead atoms. The summed E-state index contributed by atoms with van der Waals surface area (Å²) >= 11 is 0. The number of carbonyl (C=O) groups is 2. The van der Waals surface area contributed by atoms with E-state index < -0.39 is 17.9 Å².